The number of nitrogens with zero attached hydrogens (tertiary/aromatic N) is 1. The molecular formula is C65H125N2O7P. The highest BCUT2D eigenvalue weighted by Crippen LogP contribution is 2.38. The topological polar surface area (TPSA) is 114 Å². The van der Waals surface area contributed by atoms with Crippen molar-refractivity contribution in [2.75, 3.05) is 40.9 Å². The standard InChI is InChI=1S/C65H125N2O7P/c1-7-10-13-16-19-22-25-27-29-30-31-32-33-34-35-36-38-39-42-45-48-51-54-57-64(68)66-62(61-73-75(70,71)72-60-59-67(4,5)6)63(56-53-50-47-44-41-24-21-18-15-12-9-3)74-65(69)58-55-52-49-46-43-40-37-28-26-23-20-17-14-11-8-2/h23,26-27,29,53,56,62-63H,7-22,24-25,28,30-52,54-55,57-61H2,1-6H3,(H-,66,68,70,71)/b26-23-,29-27+,56-53-. The predicted octanol–water partition coefficient (Wildman–Crippen LogP) is 19.3. The first kappa shape index (κ1) is 73.2. The quantitative estimate of drug-likeness (QED) is 0.0212. The number of amides is 1. The Balaban J connectivity index is 5.09. The summed E-state index contributed by atoms with van der Waals surface area (Å²) in [5, 5.41) is 3.03. The summed E-state index contributed by atoms with van der Waals surface area (Å²) < 4.78 is 30.3. The van der Waals surface area contributed by atoms with Gasteiger partial charge >= 0.3 is 5.97 Å². The Labute approximate surface area is 466 Å². The summed E-state index contributed by atoms with van der Waals surface area (Å²) in [5.74, 6) is -0.535. The summed E-state index contributed by atoms with van der Waals surface area (Å²) in [7, 11) is 1.19. The van der Waals surface area contributed by atoms with Gasteiger partial charge in [-0.3, -0.25) is 14.2 Å². The van der Waals surface area contributed by atoms with Crippen LogP contribution in [0.15, 0.2) is 36.5 Å². The summed E-state index contributed by atoms with van der Waals surface area (Å²) in [4.78, 5) is 40.0. The number of rotatable bonds is 59. The van der Waals surface area contributed by atoms with Gasteiger partial charge in [-0.05, 0) is 83.1 Å². The molecule has 0 spiro atoms. The number of quaternary nitrogens is 1. The van der Waals surface area contributed by atoms with Crippen LogP contribution < -0.4 is 10.2 Å². The van der Waals surface area contributed by atoms with Crippen LogP contribution in [0.3, 0.4) is 0 Å². The minimum Gasteiger partial charge on any atom is -0.756 e. The summed E-state index contributed by atoms with van der Waals surface area (Å²) in [6.07, 6.45) is 66.9. The number of esters is 1. The van der Waals surface area contributed by atoms with E-state index in [0.29, 0.717) is 17.4 Å². The molecule has 0 aliphatic heterocycles. The van der Waals surface area contributed by atoms with Gasteiger partial charge < -0.3 is 28.5 Å². The van der Waals surface area contributed by atoms with Gasteiger partial charge in [-0.15, -0.1) is 0 Å². The van der Waals surface area contributed by atoms with Crippen molar-refractivity contribution < 1.29 is 37.3 Å². The van der Waals surface area contributed by atoms with Gasteiger partial charge in [0.05, 0.1) is 33.8 Å². The molecule has 0 saturated heterocycles. The number of phosphoric ester groups is 1. The Kier molecular flexibility index (Phi) is 54.2. The van der Waals surface area contributed by atoms with Crippen LogP contribution >= 0.6 is 7.82 Å². The molecule has 0 rings (SSSR count). The molecule has 0 saturated carbocycles. The monoisotopic (exact) mass is 1080 g/mol. The highest BCUT2D eigenvalue weighted by molar-refractivity contribution is 7.45. The first-order valence-electron chi connectivity index (χ1n) is 32.3. The van der Waals surface area contributed by atoms with E-state index < -0.39 is 20.0 Å². The van der Waals surface area contributed by atoms with E-state index in [-0.39, 0.29) is 31.5 Å². The molecule has 0 aromatic carbocycles. The van der Waals surface area contributed by atoms with Crippen molar-refractivity contribution in [3.05, 3.63) is 36.5 Å². The molecule has 0 aliphatic rings. The van der Waals surface area contributed by atoms with E-state index in [0.717, 1.165) is 70.6 Å². The number of ether oxygens (including phenoxy) is 1. The Bertz CT molecular complexity index is 1380. The maximum absolute atomic E-state index is 13.5. The third-order valence-corrected chi connectivity index (χ3v) is 15.5. The Morgan fingerprint density at radius 3 is 1.15 bits per heavy atom. The Morgan fingerprint density at radius 2 is 0.773 bits per heavy atom. The fraction of sp³-hybridized carbons (Fsp3) is 0.877. The van der Waals surface area contributed by atoms with Gasteiger partial charge in [-0.2, -0.15) is 0 Å². The molecule has 75 heavy (non-hydrogen) atoms. The van der Waals surface area contributed by atoms with E-state index in [1.54, 1.807) is 0 Å². The summed E-state index contributed by atoms with van der Waals surface area (Å²) >= 11 is 0. The normalized spacial score (nSPS) is 13.9. The van der Waals surface area contributed by atoms with Gasteiger partial charge in [0.15, 0.2) is 0 Å². The van der Waals surface area contributed by atoms with Crippen LogP contribution in [0.5, 0.6) is 0 Å². The average Bonchev–Trinajstić information content (AvgIpc) is 3.37. The molecule has 0 aliphatic carbocycles. The highest BCUT2D eigenvalue weighted by atomic mass is 31.2. The van der Waals surface area contributed by atoms with Crippen molar-refractivity contribution >= 4 is 19.7 Å². The van der Waals surface area contributed by atoms with Crippen LogP contribution in [0.25, 0.3) is 0 Å². The number of nitrogens with one attached hydrogen (secondary N) is 1. The number of carbonyl (C=O) groups excluding carboxylic acids is 2. The molecule has 9 nitrogen and oxygen atoms in total. The molecular weight excluding hydrogens is 952 g/mol. The van der Waals surface area contributed by atoms with Crippen molar-refractivity contribution in [2.45, 2.75) is 328 Å². The van der Waals surface area contributed by atoms with Crippen LogP contribution in [0.4, 0.5) is 0 Å². The maximum Gasteiger partial charge on any atom is 0.306 e. The molecule has 0 radical (unpaired) electrons. The molecule has 442 valence electrons. The number of hydrogen-bond donors (Lipinski definition) is 1. The van der Waals surface area contributed by atoms with Crippen molar-refractivity contribution in [1.82, 2.24) is 5.32 Å². The average molecular weight is 1080 g/mol. The van der Waals surface area contributed by atoms with Gasteiger partial charge in [0, 0.05) is 12.8 Å². The fourth-order valence-corrected chi connectivity index (χ4v) is 10.2. The number of hydrogen-bond acceptors (Lipinski definition) is 7. The first-order chi connectivity index (χ1) is 36.4. The second-order valence-corrected chi connectivity index (χ2v) is 24.7. The fourth-order valence-electron chi connectivity index (χ4n) is 9.51. The lowest BCUT2D eigenvalue weighted by atomic mass is 10.0. The molecule has 0 aromatic rings. The van der Waals surface area contributed by atoms with Crippen molar-refractivity contribution in [1.29, 1.82) is 0 Å². The molecule has 0 aromatic heterocycles. The lowest BCUT2D eigenvalue weighted by Gasteiger charge is -2.30. The molecule has 0 heterocycles. The van der Waals surface area contributed by atoms with E-state index in [9.17, 15) is 19.0 Å². The molecule has 3 unspecified atom stereocenters. The number of phosphoric acid groups is 1. The van der Waals surface area contributed by atoms with Crippen molar-refractivity contribution in [3.63, 3.8) is 0 Å². The van der Waals surface area contributed by atoms with Gasteiger partial charge in [0.2, 0.25) is 5.91 Å². The van der Waals surface area contributed by atoms with E-state index in [1.165, 1.54) is 212 Å². The number of allylic oxidation sites excluding steroid dienone is 5. The lowest BCUT2D eigenvalue weighted by molar-refractivity contribution is -0.870. The van der Waals surface area contributed by atoms with Crippen molar-refractivity contribution in [3.8, 4) is 0 Å². The zero-order valence-corrected chi connectivity index (χ0v) is 51.4. The first-order valence-corrected chi connectivity index (χ1v) is 33.8. The van der Waals surface area contributed by atoms with Gasteiger partial charge in [-0.1, -0.05) is 257 Å². The number of carbonyl (C=O) groups is 2. The molecule has 0 fully saturated rings. The Morgan fingerprint density at radius 1 is 0.453 bits per heavy atom. The van der Waals surface area contributed by atoms with Gasteiger partial charge in [0.25, 0.3) is 7.82 Å². The Hall–Kier alpha value is -1.77. The van der Waals surface area contributed by atoms with Gasteiger partial charge in [0.1, 0.15) is 19.3 Å². The smallest absolute Gasteiger partial charge is 0.306 e. The molecule has 1 amide bonds. The minimum absolute atomic E-state index is 0.0210. The zero-order chi connectivity index (χ0) is 55.0. The molecule has 1 N–H and O–H groups in total. The summed E-state index contributed by atoms with van der Waals surface area (Å²) in [6.45, 7) is 6.85. The third-order valence-electron chi connectivity index (χ3n) is 14.5. The second-order valence-electron chi connectivity index (χ2n) is 23.3. The highest BCUT2D eigenvalue weighted by Gasteiger charge is 2.27. The largest absolute Gasteiger partial charge is 0.756 e. The number of unbranched alkanes of at least 4 members (excludes halogenated alkanes) is 39. The van der Waals surface area contributed by atoms with Crippen LogP contribution in [0.1, 0.15) is 316 Å². The maximum atomic E-state index is 13.5. The van der Waals surface area contributed by atoms with Crippen LogP contribution in [-0.4, -0.2) is 69.4 Å². The van der Waals surface area contributed by atoms with E-state index in [2.05, 4.69) is 50.4 Å². The third kappa shape index (κ3) is 56.8. The SMILES string of the molecule is CCCCCC/C=C\CCCCCCCCCC(=O)OC(/C=C\CCCCCCCCCCC)C(COP(=O)([O-])OCC[N+](C)(C)C)NC(=O)CCCCCCCCCCCCCCC/C=C/CCCCCCCC. The van der Waals surface area contributed by atoms with Crippen LogP contribution in [0.2, 0.25) is 0 Å². The summed E-state index contributed by atoms with van der Waals surface area (Å²) in [5.41, 5.74) is 0. The van der Waals surface area contributed by atoms with Crippen LogP contribution in [-0.2, 0) is 27.9 Å². The summed E-state index contributed by atoms with van der Waals surface area (Å²) in [6, 6.07) is -0.886. The van der Waals surface area contributed by atoms with E-state index in [1.807, 2.05) is 33.3 Å². The number of likely N-dealkylation sites (N-methyl/N-ethyl adjacent to an activating group) is 1. The molecule has 0 bridgehead atoms. The second kappa shape index (κ2) is 55.5. The molecule has 10 heteroatoms. The lowest BCUT2D eigenvalue weighted by Crippen LogP contribution is -2.47. The van der Waals surface area contributed by atoms with Gasteiger partial charge in [-0.25, -0.2) is 0 Å². The van der Waals surface area contributed by atoms with E-state index >= 15 is 0 Å². The zero-order valence-electron chi connectivity index (χ0n) is 50.5. The molecule has 3 atom stereocenters. The minimum atomic E-state index is -4.69. The van der Waals surface area contributed by atoms with E-state index in [4.69, 9.17) is 13.8 Å². The van der Waals surface area contributed by atoms with Crippen molar-refractivity contribution in [2.24, 2.45) is 0 Å². The predicted molar refractivity (Wildman–Crippen MR) is 321 cm³/mol. The van der Waals surface area contributed by atoms with Crippen LogP contribution in [0, 0.1) is 0 Å².